The van der Waals surface area contributed by atoms with Crippen LogP contribution in [0.3, 0.4) is 0 Å². The number of halogens is 1. The second-order valence-corrected chi connectivity index (χ2v) is 3.42. The van der Waals surface area contributed by atoms with E-state index in [9.17, 15) is 9.50 Å². The molecule has 0 saturated heterocycles. The molecule has 14 heavy (non-hydrogen) atoms. The summed E-state index contributed by atoms with van der Waals surface area (Å²) in [6.45, 7) is 4.17. The molecule has 0 aliphatic rings. The lowest BCUT2D eigenvalue weighted by atomic mass is 10.1. The molecule has 0 aliphatic heterocycles. The van der Waals surface area contributed by atoms with Crippen LogP contribution in [-0.2, 0) is 0 Å². The summed E-state index contributed by atoms with van der Waals surface area (Å²) in [5, 5.41) is 12.3. The monoisotopic (exact) mass is 199 g/mol. The lowest BCUT2D eigenvalue weighted by Crippen LogP contribution is -2.25. The predicted octanol–water partition coefficient (Wildman–Crippen LogP) is 1.04. The Kier molecular flexibility index (Phi) is 3.76. The van der Waals surface area contributed by atoms with Gasteiger partial charge in [0.2, 0.25) is 5.95 Å². The highest BCUT2D eigenvalue weighted by atomic mass is 19.1. The van der Waals surface area contributed by atoms with Crippen molar-refractivity contribution in [2.24, 2.45) is 5.92 Å². The molecule has 0 amide bonds. The molecule has 0 fully saturated rings. The first-order valence-electron chi connectivity index (χ1n) is 4.49. The van der Waals surface area contributed by atoms with Gasteiger partial charge in [0, 0.05) is 12.6 Å². The molecule has 0 bridgehead atoms. The Balaban J connectivity index is 2.45. The minimum atomic E-state index is -0.582. The van der Waals surface area contributed by atoms with Crippen LogP contribution < -0.4 is 5.32 Å². The molecule has 1 unspecified atom stereocenters. The van der Waals surface area contributed by atoms with Crippen molar-refractivity contribution in [3.05, 3.63) is 18.3 Å². The summed E-state index contributed by atoms with van der Waals surface area (Å²) in [4.78, 5) is 7.12. The number of aromatic nitrogens is 2. The van der Waals surface area contributed by atoms with Crippen LogP contribution in [0.1, 0.15) is 13.8 Å². The fourth-order valence-corrected chi connectivity index (χ4v) is 0.875. The first-order valence-corrected chi connectivity index (χ1v) is 4.49. The number of anilines is 1. The maximum absolute atomic E-state index is 12.6. The van der Waals surface area contributed by atoms with Gasteiger partial charge in [0.05, 0.1) is 6.10 Å². The number of aliphatic hydroxyl groups is 1. The molecule has 0 radical (unpaired) electrons. The molecule has 0 aromatic carbocycles. The molecule has 5 heteroatoms. The molecular weight excluding hydrogens is 185 g/mol. The maximum Gasteiger partial charge on any atom is 0.217 e. The summed E-state index contributed by atoms with van der Waals surface area (Å²) in [7, 11) is 0. The van der Waals surface area contributed by atoms with Crippen LogP contribution in [-0.4, -0.2) is 27.7 Å². The summed E-state index contributed by atoms with van der Waals surface area (Å²) >= 11 is 0. The van der Waals surface area contributed by atoms with Gasteiger partial charge >= 0.3 is 0 Å². The molecule has 1 aromatic rings. The van der Waals surface area contributed by atoms with Crippen molar-refractivity contribution in [1.29, 1.82) is 0 Å². The number of hydrogen-bond acceptors (Lipinski definition) is 4. The Morgan fingerprint density at radius 1 is 1.50 bits per heavy atom. The Bertz CT molecular complexity index is 293. The van der Waals surface area contributed by atoms with Crippen molar-refractivity contribution in [3.63, 3.8) is 0 Å². The van der Waals surface area contributed by atoms with Gasteiger partial charge in [0.25, 0.3) is 0 Å². The zero-order valence-corrected chi connectivity index (χ0v) is 8.24. The predicted molar refractivity (Wildman–Crippen MR) is 51.3 cm³/mol. The third-order valence-corrected chi connectivity index (χ3v) is 1.90. The molecule has 2 N–H and O–H groups in total. The van der Waals surface area contributed by atoms with Crippen molar-refractivity contribution < 1.29 is 9.50 Å². The van der Waals surface area contributed by atoms with E-state index in [-0.39, 0.29) is 5.92 Å². The topological polar surface area (TPSA) is 58.0 Å². The average Bonchev–Trinajstić information content (AvgIpc) is 2.14. The standard InChI is InChI=1S/C9H14FN3O/c1-6(2)7(14)4-11-9-3-8(10)12-5-13-9/h3,5-7,14H,4H2,1-2H3,(H,11,12,13). The van der Waals surface area contributed by atoms with Gasteiger partial charge in [-0.2, -0.15) is 4.39 Å². The molecule has 1 rings (SSSR count). The highest BCUT2D eigenvalue weighted by Crippen LogP contribution is 2.05. The van der Waals surface area contributed by atoms with E-state index < -0.39 is 12.1 Å². The fourth-order valence-electron chi connectivity index (χ4n) is 0.875. The summed E-state index contributed by atoms with van der Waals surface area (Å²) in [6, 6.07) is 1.19. The zero-order valence-electron chi connectivity index (χ0n) is 8.24. The van der Waals surface area contributed by atoms with Crippen LogP contribution in [0.2, 0.25) is 0 Å². The van der Waals surface area contributed by atoms with Crippen LogP contribution in [0.4, 0.5) is 10.2 Å². The summed E-state index contributed by atoms with van der Waals surface area (Å²) in [5.74, 6) is -0.0343. The largest absolute Gasteiger partial charge is 0.391 e. The average molecular weight is 199 g/mol. The van der Waals surface area contributed by atoms with E-state index >= 15 is 0 Å². The highest BCUT2D eigenvalue weighted by molar-refractivity contribution is 5.32. The lowest BCUT2D eigenvalue weighted by molar-refractivity contribution is 0.138. The minimum absolute atomic E-state index is 0.161. The summed E-state index contributed by atoms with van der Waals surface area (Å²) < 4.78 is 12.6. The Hall–Kier alpha value is -1.23. The van der Waals surface area contributed by atoms with Gasteiger partial charge in [-0.05, 0) is 5.92 Å². The van der Waals surface area contributed by atoms with E-state index in [1.54, 1.807) is 0 Å². The van der Waals surface area contributed by atoms with E-state index in [0.29, 0.717) is 12.4 Å². The van der Waals surface area contributed by atoms with Gasteiger partial charge in [0.15, 0.2) is 0 Å². The van der Waals surface area contributed by atoms with Gasteiger partial charge in [0.1, 0.15) is 12.1 Å². The highest BCUT2D eigenvalue weighted by Gasteiger charge is 2.08. The molecule has 0 spiro atoms. The third-order valence-electron chi connectivity index (χ3n) is 1.90. The molecule has 0 aliphatic carbocycles. The second kappa shape index (κ2) is 4.85. The van der Waals surface area contributed by atoms with Gasteiger partial charge < -0.3 is 10.4 Å². The van der Waals surface area contributed by atoms with E-state index in [1.165, 1.54) is 6.07 Å². The smallest absolute Gasteiger partial charge is 0.217 e. The number of nitrogens with zero attached hydrogens (tertiary/aromatic N) is 2. The van der Waals surface area contributed by atoms with Crippen molar-refractivity contribution in [2.45, 2.75) is 20.0 Å². The number of hydrogen-bond donors (Lipinski definition) is 2. The van der Waals surface area contributed by atoms with E-state index in [2.05, 4.69) is 15.3 Å². The van der Waals surface area contributed by atoms with E-state index in [1.807, 2.05) is 13.8 Å². The van der Waals surface area contributed by atoms with Crippen LogP contribution in [0.5, 0.6) is 0 Å². The van der Waals surface area contributed by atoms with Gasteiger partial charge in [-0.15, -0.1) is 0 Å². The van der Waals surface area contributed by atoms with Crippen LogP contribution in [0.15, 0.2) is 12.4 Å². The molecule has 78 valence electrons. The van der Waals surface area contributed by atoms with Gasteiger partial charge in [-0.1, -0.05) is 13.8 Å². The normalized spacial score (nSPS) is 12.9. The summed E-state index contributed by atoms with van der Waals surface area (Å²) in [6.07, 6.45) is 0.674. The fraction of sp³-hybridized carbons (Fsp3) is 0.556. The molecule has 0 saturated carbocycles. The van der Waals surface area contributed by atoms with Crippen LogP contribution in [0.25, 0.3) is 0 Å². The minimum Gasteiger partial charge on any atom is -0.391 e. The molecule has 1 aromatic heterocycles. The zero-order chi connectivity index (χ0) is 10.6. The SMILES string of the molecule is CC(C)C(O)CNc1cc(F)ncn1. The van der Waals surface area contributed by atoms with Crippen LogP contribution in [0, 0.1) is 11.9 Å². The second-order valence-electron chi connectivity index (χ2n) is 3.42. The maximum atomic E-state index is 12.6. The van der Waals surface area contributed by atoms with Crippen molar-refractivity contribution in [3.8, 4) is 0 Å². The number of nitrogens with one attached hydrogen (secondary N) is 1. The van der Waals surface area contributed by atoms with Gasteiger partial charge in [-0.25, -0.2) is 9.97 Å². The molecule has 1 heterocycles. The first kappa shape index (κ1) is 10.8. The first-order chi connectivity index (χ1) is 6.59. The van der Waals surface area contributed by atoms with E-state index in [0.717, 1.165) is 6.33 Å². The molecule has 4 nitrogen and oxygen atoms in total. The Morgan fingerprint density at radius 2 is 2.21 bits per heavy atom. The van der Waals surface area contributed by atoms with Gasteiger partial charge in [-0.3, -0.25) is 0 Å². The van der Waals surface area contributed by atoms with Crippen LogP contribution >= 0.6 is 0 Å². The third kappa shape index (κ3) is 3.26. The number of rotatable bonds is 4. The Morgan fingerprint density at radius 3 is 2.79 bits per heavy atom. The number of aliphatic hydroxyl groups excluding tert-OH is 1. The molecular formula is C9H14FN3O. The lowest BCUT2D eigenvalue weighted by Gasteiger charge is -2.15. The quantitative estimate of drug-likeness (QED) is 0.711. The van der Waals surface area contributed by atoms with Crippen molar-refractivity contribution in [1.82, 2.24) is 9.97 Å². The van der Waals surface area contributed by atoms with E-state index in [4.69, 9.17) is 0 Å². The Labute approximate surface area is 82.2 Å². The molecule has 1 atom stereocenters. The van der Waals surface area contributed by atoms with Crippen molar-refractivity contribution >= 4 is 5.82 Å². The summed E-state index contributed by atoms with van der Waals surface area (Å²) in [5.41, 5.74) is 0. The van der Waals surface area contributed by atoms with Crippen molar-refractivity contribution in [2.75, 3.05) is 11.9 Å².